The number of carbonyl (C=O) groups is 1. The molecule has 2 aromatic carbocycles. The molecule has 0 aliphatic carbocycles. The first-order valence-electron chi connectivity index (χ1n) is 7.60. The van der Waals surface area contributed by atoms with E-state index in [-0.39, 0.29) is 10.6 Å². The first-order valence-corrected chi connectivity index (χ1v) is 9.04. The van der Waals surface area contributed by atoms with E-state index in [0.29, 0.717) is 12.4 Å². The van der Waals surface area contributed by atoms with E-state index in [0.717, 1.165) is 16.4 Å². The average Bonchev–Trinajstić information content (AvgIpc) is 2.61. The Morgan fingerprint density at radius 2 is 1.72 bits per heavy atom. The van der Waals surface area contributed by atoms with E-state index in [9.17, 15) is 17.6 Å². The van der Waals surface area contributed by atoms with E-state index in [1.807, 2.05) is 6.92 Å². The zero-order valence-corrected chi connectivity index (χ0v) is 14.7. The number of anilines is 1. The zero-order valence-electron chi connectivity index (χ0n) is 13.9. The number of hydrogen-bond donors (Lipinski definition) is 1. The van der Waals surface area contributed by atoms with E-state index >= 15 is 0 Å². The summed E-state index contributed by atoms with van der Waals surface area (Å²) in [5.41, 5.74) is 0.193. The van der Waals surface area contributed by atoms with Crippen LogP contribution in [0.1, 0.15) is 6.92 Å². The molecule has 134 valence electrons. The molecule has 0 aliphatic heterocycles. The van der Waals surface area contributed by atoms with Crippen LogP contribution in [0.15, 0.2) is 53.4 Å². The van der Waals surface area contributed by atoms with Gasteiger partial charge < -0.3 is 10.1 Å². The predicted molar refractivity (Wildman–Crippen MR) is 92.6 cm³/mol. The number of halogens is 1. The summed E-state index contributed by atoms with van der Waals surface area (Å²) in [5.74, 6) is -0.443. The number of nitrogens with zero attached hydrogens (tertiary/aromatic N) is 1. The van der Waals surface area contributed by atoms with Crippen molar-refractivity contribution in [3.63, 3.8) is 0 Å². The zero-order chi connectivity index (χ0) is 18.4. The van der Waals surface area contributed by atoms with E-state index in [1.54, 1.807) is 12.1 Å². The van der Waals surface area contributed by atoms with Crippen molar-refractivity contribution >= 4 is 21.6 Å². The number of benzene rings is 2. The summed E-state index contributed by atoms with van der Waals surface area (Å²) < 4.78 is 45.3. The maximum absolute atomic E-state index is 13.2. The van der Waals surface area contributed by atoms with E-state index in [4.69, 9.17) is 4.74 Å². The van der Waals surface area contributed by atoms with Crippen LogP contribution in [0.3, 0.4) is 0 Å². The van der Waals surface area contributed by atoms with Gasteiger partial charge in [-0.15, -0.1) is 0 Å². The van der Waals surface area contributed by atoms with Crippen LogP contribution >= 0.6 is 0 Å². The van der Waals surface area contributed by atoms with Crippen LogP contribution < -0.4 is 14.4 Å². The summed E-state index contributed by atoms with van der Waals surface area (Å²) in [7, 11) is -2.60. The molecule has 1 amide bonds. The maximum Gasteiger partial charge on any atom is 0.264 e. The molecule has 0 unspecified atom stereocenters. The normalized spacial score (nSPS) is 11.0. The van der Waals surface area contributed by atoms with Crippen molar-refractivity contribution in [3.8, 4) is 5.75 Å². The molecular weight excluding hydrogens is 347 g/mol. The van der Waals surface area contributed by atoms with Crippen LogP contribution in [0.25, 0.3) is 0 Å². The number of rotatable bonds is 7. The van der Waals surface area contributed by atoms with Gasteiger partial charge in [-0.05, 0) is 55.5 Å². The maximum atomic E-state index is 13.2. The first kappa shape index (κ1) is 18.7. The number of carbonyl (C=O) groups excluding carboxylic acids is 1. The number of amides is 1. The number of ether oxygens (including phenoxy) is 1. The Hall–Kier alpha value is -2.61. The Bertz CT molecular complexity index is 821. The van der Waals surface area contributed by atoms with E-state index < -0.39 is 28.3 Å². The predicted octanol–water partition coefficient (Wildman–Crippen LogP) is 2.17. The Morgan fingerprint density at radius 1 is 1.12 bits per heavy atom. The molecule has 2 aromatic rings. The van der Waals surface area contributed by atoms with Crippen molar-refractivity contribution in [1.82, 2.24) is 5.32 Å². The molecule has 2 rings (SSSR count). The molecule has 8 heteroatoms. The second kappa shape index (κ2) is 7.98. The van der Waals surface area contributed by atoms with Gasteiger partial charge in [0.15, 0.2) is 0 Å². The molecule has 0 aliphatic rings. The summed E-state index contributed by atoms with van der Waals surface area (Å²) in [6.45, 7) is 1.87. The van der Waals surface area contributed by atoms with Gasteiger partial charge >= 0.3 is 0 Å². The number of hydrogen-bond acceptors (Lipinski definition) is 4. The summed E-state index contributed by atoms with van der Waals surface area (Å²) in [6.07, 6.45) is 0. The number of likely N-dealkylation sites (N-methyl/N-ethyl adjacent to an activating group) is 1. The van der Waals surface area contributed by atoms with Crippen LogP contribution in [-0.2, 0) is 14.8 Å². The SMILES string of the molecule is CCOc1ccc(S(=O)(=O)N(CC(=O)NC)c2ccc(F)cc2)cc1. The Morgan fingerprint density at radius 3 is 2.24 bits per heavy atom. The van der Waals surface area contributed by atoms with Gasteiger partial charge in [-0.3, -0.25) is 9.10 Å². The van der Waals surface area contributed by atoms with E-state index in [1.165, 1.54) is 31.3 Å². The molecule has 0 atom stereocenters. The second-order valence-electron chi connectivity index (χ2n) is 5.07. The van der Waals surface area contributed by atoms with Crippen LogP contribution in [0.5, 0.6) is 5.75 Å². The van der Waals surface area contributed by atoms with Gasteiger partial charge in [-0.1, -0.05) is 0 Å². The second-order valence-corrected chi connectivity index (χ2v) is 6.93. The van der Waals surface area contributed by atoms with Gasteiger partial charge in [0, 0.05) is 7.05 Å². The van der Waals surface area contributed by atoms with Gasteiger partial charge in [-0.25, -0.2) is 12.8 Å². The molecule has 0 spiro atoms. The van der Waals surface area contributed by atoms with Gasteiger partial charge in [-0.2, -0.15) is 0 Å². The van der Waals surface area contributed by atoms with Crippen LogP contribution in [-0.4, -0.2) is 34.5 Å². The smallest absolute Gasteiger partial charge is 0.264 e. The highest BCUT2D eigenvalue weighted by molar-refractivity contribution is 7.92. The molecule has 0 fully saturated rings. The molecule has 0 saturated carbocycles. The van der Waals surface area contributed by atoms with Gasteiger partial charge in [0.2, 0.25) is 5.91 Å². The third kappa shape index (κ3) is 4.48. The fourth-order valence-corrected chi connectivity index (χ4v) is 3.55. The highest BCUT2D eigenvalue weighted by Crippen LogP contribution is 2.25. The lowest BCUT2D eigenvalue weighted by Crippen LogP contribution is -2.39. The molecular formula is C17H19FN2O4S. The summed E-state index contributed by atoms with van der Waals surface area (Å²) >= 11 is 0. The van der Waals surface area contributed by atoms with Crippen molar-refractivity contribution < 1.29 is 22.3 Å². The first-order chi connectivity index (χ1) is 11.9. The average molecular weight is 366 g/mol. The Kier molecular flexibility index (Phi) is 5.97. The third-order valence-electron chi connectivity index (χ3n) is 3.40. The minimum Gasteiger partial charge on any atom is -0.494 e. The highest BCUT2D eigenvalue weighted by Gasteiger charge is 2.27. The van der Waals surface area contributed by atoms with E-state index in [2.05, 4.69) is 5.32 Å². The van der Waals surface area contributed by atoms with Crippen molar-refractivity contribution in [2.45, 2.75) is 11.8 Å². The Balaban J connectivity index is 2.43. The molecule has 0 bridgehead atoms. The third-order valence-corrected chi connectivity index (χ3v) is 5.19. The monoisotopic (exact) mass is 366 g/mol. The lowest BCUT2D eigenvalue weighted by molar-refractivity contribution is -0.119. The summed E-state index contributed by atoms with van der Waals surface area (Å²) in [5, 5.41) is 2.39. The highest BCUT2D eigenvalue weighted by atomic mass is 32.2. The quantitative estimate of drug-likeness (QED) is 0.815. The molecule has 0 heterocycles. The molecule has 0 saturated heterocycles. The molecule has 0 aromatic heterocycles. The minimum atomic E-state index is -4.01. The number of nitrogens with one attached hydrogen (secondary N) is 1. The lowest BCUT2D eigenvalue weighted by Gasteiger charge is -2.23. The van der Waals surface area contributed by atoms with Crippen LogP contribution in [0.4, 0.5) is 10.1 Å². The minimum absolute atomic E-state index is 0.00387. The van der Waals surface area contributed by atoms with Gasteiger partial charge in [0.25, 0.3) is 10.0 Å². The fraction of sp³-hybridized carbons (Fsp3) is 0.235. The summed E-state index contributed by atoms with van der Waals surface area (Å²) in [6, 6.07) is 10.8. The van der Waals surface area contributed by atoms with Crippen molar-refractivity contribution in [2.75, 3.05) is 24.5 Å². The van der Waals surface area contributed by atoms with Crippen molar-refractivity contribution in [3.05, 3.63) is 54.3 Å². The van der Waals surface area contributed by atoms with Crippen LogP contribution in [0, 0.1) is 5.82 Å². The largest absolute Gasteiger partial charge is 0.494 e. The topological polar surface area (TPSA) is 75.7 Å². The van der Waals surface area contributed by atoms with Crippen molar-refractivity contribution in [2.24, 2.45) is 0 Å². The molecule has 1 N–H and O–H groups in total. The number of sulfonamides is 1. The molecule has 25 heavy (non-hydrogen) atoms. The molecule has 0 radical (unpaired) electrons. The fourth-order valence-electron chi connectivity index (χ4n) is 2.13. The Labute approximate surface area is 146 Å². The van der Waals surface area contributed by atoms with Gasteiger partial charge in [0.05, 0.1) is 17.2 Å². The molecule has 6 nitrogen and oxygen atoms in total. The van der Waals surface area contributed by atoms with Crippen LogP contribution in [0.2, 0.25) is 0 Å². The van der Waals surface area contributed by atoms with Crippen molar-refractivity contribution in [1.29, 1.82) is 0 Å². The lowest BCUT2D eigenvalue weighted by atomic mass is 10.3. The van der Waals surface area contributed by atoms with Gasteiger partial charge in [0.1, 0.15) is 18.1 Å². The standard InChI is InChI=1S/C17H19FN2O4S/c1-3-24-15-8-10-16(11-9-15)25(22,23)20(12-17(21)19-2)14-6-4-13(18)5-7-14/h4-11H,3,12H2,1-2H3,(H,19,21). The summed E-state index contributed by atoms with van der Waals surface area (Å²) in [4.78, 5) is 11.8.